The molecule has 4 rings (SSSR count). The second-order valence-corrected chi connectivity index (χ2v) is 9.62. The maximum absolute atomic E-state index is 2.66. The van der Waals surface area contributed by atoms with Crippen molar-refractivity contribution in [3.63, 3.8) is 0 Å². The molecule has 1 saturated carbocycles. The molecule has 4 aliphatic rings. The van der Waals surface area contributed by atoms with Crippen molar-refractivity contribution in [1.82, 2.24) is 0 Å². The maximum atomic E-state index is 2.66. The Balaban J connectivity index is 1.70. The van der Waals surface area contributed by atoms with E-state index in [1.54, 1.807) is 5.57 Å². The Morgan fingerprint density at radius 2 is 1.92 bits per heavy atom. The van der Waals surface area contributed by atoms with Crippen molar-refractivity contribution in [2.24, 2.45) is 28.6 Å². The predicted molar refractivity (Wildman–Crippen MR) is 104 cm³/mol. The lowest BCUT2D eigenvalue weighted by atomic mass is 9.52. The predicted octanol–water partition coefficient (Wildman–Crippen LogP) is 7.23. The highest BCUT2D eigenvalue weighted by atomic mass is 14.6. The topological polar surface area (TPSA) is 0 Å². The van der Waals surface area contributed by atoms with Gasteiger partial charge in [0.1, 0.15) is 0 Å². The third-order valence-corrected chi connectivity index (χ3v) is 8.56. The largest absolute Gasteiger partial charge is 0.0914 e. The minimum absolute atomic E-state index is 0.440. The molecule has 4 aliphatic carbocycles. The zero-order valence-corrected chi connectivity index (χ0v) is 16.3. The van der Waals surface area contributed by atoms with Crippen LogP contribution in [0.2, 0.25) is 0 Å². The van der Waals surface area contributed by atoms with Gasteiger partial charge in [0.15, 0.2) is 0 Å². The lowest BCUT2D eigenvalue weighted by Gasteiger charge is -2.53. The first kappa shape index (κ1) is 16.7. The van der Waals surface area contributed by atoms with E-state index in [0.29, 0.717) is 16.7 Å². The summed E-state index contributed by atoms with van der Waals surface area (Å²) in [6, 6.07) is 0. The molecule has 1 fully saturated rings. The van der Waals surface area contributed by atoms with E-state index in [2.05, 4.69) is 45.9 Å². The van der Waals surface area contributed by atoms with Crippen molar-refractivity contribution in [1.29, 1.82) is 0 Å². The van der Waals surface area contributed by atoms with Crippen LogP contribution in [0.3, 0.4) is 0 Å². The Morgan fingerprint density at radius 1 is 1.08 bits per heavy atom. The number of allylic oxidation sites excluding steroid dienone is 6. The van der Waals surface area contributed by atoms with Gasteiger partial charge in [0.05, 0.1) is 0 Å². The second kappa shape index (κ2) is 5.89. The molecule has 0 aromatic rings. The molecule has 0 aliphatic heterocycles. The van der Waals surface area contributed by atoms with Gasteiger partial charge in [-0.05, 0) is 91.6 Å². The van der Waals surface area contributed by atoms with E-state index in [9.17, 15) is 0 Å². The summed E-state index contributed by atoms with van der Waals surface area (Å²) in [7, 11) is 0. The van der Waals surface area contributed by atoms with Gasteiger partial charge in [-0.1, -0.05) is 57.4 Å². The Labute approximate surface area is 149 Å². The molecule has 0 aromatic heterocycles. The van der Waals surface area contributed by atoms with E-state index in [-0.39, 0.29) is 0 Å². The fraction of sp³-hybridized carbons (Fsp3) is 0.750. The van der Waals surface area contributed by atoms with Gasteiger partial charge in [-0.3, -0.25) is 0 Å². The quantitative estimate of drug-likeness (QED) is 0.470. The number of rotatable bonds is 2. The number of fused-ring (bicyclic) bond motifs is 4. The first-order valence-corrected chi connectivity index (χ1v) is 10.6. The van der Waals surface area contributed by atoms with Crippen LogP contribution >= 0.6 is 0 Å². The molecule has 0 N–H and O–H groups in total. The van der Waals surface area contributed by atoms with Crippen molar-refractivity contribution in [2.45, 2.75) is 85.5 Å². The van der Waals surface area contributed by atoms with Gasteiger partial charge in [-0.15, -0.1) is 0 Å². The highest BCUT2D eigenvalue weighted by Crippen LogP contribution is 2.63. The van der Waals surface area contributed by atoms with E-state index in [0.717, 1.165) is 11.8 Å². The Kier molecular flexibility index (Phi) is 4.09. The van der Waals surface area contributed by atoms with Gasteiger partial charge >= 0.3 is 0 Å². The first-order chi connectivity index (χ1) is 11.5. The molecule has 0 amide bonds. The van der Waals surface area contributed by atoms with Crippen LogP contribution in [0.15, 0.2) is 34.9 Å². The van der Waals surface area contributed by atoms with Crippen molar-refractivity contribution in [3.8, 4) is 0 Å². The fourth-order valence-corrected chi connectivity index (χ4v) is 7.16. The van der Waals surface area contributed by atoms with Crippen LogP contribution in [0, 0.1) is 28.6 Å². The smallest absolute Gasteiger partial charge is 0.00360 e. The second-order valence-electron chi connectivity index (χ2n) is 9.62. The Bertz CT molecular complexity index is 604. The minimum Gasteiger partial charge on any atom is -0.0914 e. The van der Waals surface area contributed by atoms with Gasteiger partial charge in [-0.25, -0.2) is 0 Å². The lowest BCUT2D eigenvalue weighted by molar-refractivity contribution is 0.112. The fourth-order valence-electron chi connectivity index (χ4n) is 7.16. The molecule has 0 spiro atoms. The summed E-state index contributed by atoms with van der Waals surface area (Å²) in [5.74, 6) is 2.50. The summed E-state index contributed by atoms with van der Waals surface area (Å²) in [6.07, 6.45) is 20.2. The molecule has 0 heteroatoms. The van der Waals surface area contributed by atoms with Crippen LogP contribution in [-0.2, 0) is 0 Å². The lowest BCUT2D eigenvalue weighted by Crippen LogP contribution is -2.41. The van der Waals surface area contributed by atoms with Gasteiger partial charge in [0.2, 0.25) is 0 Å². The van der Waals surface area contributed by atoms with Crippen molar-refractivity contribution in [2.75, 3.05) is 0 Å². The third kappa shape index (κ3) is 2.24. The van der Waals surface area contributed by atoms with E-state index >= 15 is 0 Å². The van der Waals surface area contributed by atoms with Crippen LogP contribution in [0.1, 0.15) is 85.5 Å². The number of hydrogen-bond donors (Lipinski definition) is 0. The SMILES string of the molecule is CC=C[C@@H](C)[C@H]1CC=C2C3=C(CC[C@@]21C)[C@@]1(C)CCCCC1CC3. The summed E-state index contributed by atoms with van der Waals surface area (Å²) in [4.78, 5) is 0. The Hall–Kier alpha value is -0.780. The average Bonchev–Trinajstić information content (AvgIpc) is 2.92. The molecule has 24 heavy (non-hydrogen) atoms. The van der Waals surface area contributed by atoms with Crippen molar-refractivity contribution >= 4 is 0 Å². The maximum Gasteiger partial charge on any atom is -0.00360 e. The van der Waals surface area contributed by atoms with Crippen LogP contribution < -0.4 is 0 Å². The molecule has 0 aromatic carbocycles. The number of hydrogen-bond acceptors (Lipinski definition) is 0. The molecule has 0 radical (unpaired) electrons. The molecule has 0 bridgehead atoms. The molecular formula is C24H36. The molecule has 132 valence electrons. The van der Waals surface area contributed by atoms with E-state index in [1.807, 2.05) is 11.1 Å². The minimum atomic E-state index is 0.440. The van der Waals surface area contributed by atoms with Gasteiger partial charge in [-0.2, -0.15) is 0 Å². The standard InChI is InChI=1S/C24H36/c1-5-8-17(2)20-12-13-21-19-11-10-18-9-6-7-15-23(18,3)22(19)14-16-24(20,21)4/h5,8,13,17-18,20H,6-7,9-12,14-16H2,1-4H3/t17-,18?,20-,23+,24-/m1/s1. The molecular weight excluding hydrogens is 288 g/mol. The van der Waals surface area contributed by atoms with Gasteiger partial charge in [0.25, 0.3) is 0 Å². The normalized spacial score (nSPS) is 43.2. The molecule has 0 nitrogen and oxygen atoms in total. The highest BCUT2D eigenvalue weighted by molar-refractivity contribution is 5.49. The molecule has 1 unspecified atom stereocenters. The zero-order valence-electron chi connectivity index (χ0n) is 16.3. The summed E-state index contributed by atoms with van der Waals surface area (Å²) in [5, 5.41) is 0. The Morgan fingerprint density at radius 3 is 2.71 bits per heavy atom. The first-order valence-electron chi connectivity index (χ1n) is 10.6. The molecule has 0 saturated heterocycles. The average molecular weight is 325 g/mol. The van der Waals surface area contributed by atoms with Crippen molar-refractivity contribution in [3.05, 3.63) is 34.9 Å². The van der Waals surface area contributed by atoms with Crippen LogP contribution in [0.4, 0.5) is 0 Å². The third-order valence-electron chi connectivity index (χ3n) is 8.56. The summed E-state index contributed by atoms with van der Waals surface area (Å²) < 4.78 is 0. The molecule has 0 heterocycles. The van der Waals surface area contributed by atoms with Crippen LogP contribution in [-0.4, -0.2) is 0 Å². The zero-order chi connectivity index (χ0) is 16.9. The van der Waals surface area contributed by atoms with E-state index in [4.69, 9.17) is 0 Å². The van der Waals surface area contributed by atoms with Crippen LogP contribution in [0.5, 0.6) is 0 Å². The highest BCUT2D eigenvalue weighted by Gasteiger charge is 2.51. The van der Waals surface area contributed by atoms with Gasteiger partial charge < -0.3 is 0 Å². The summed E-state index contributed by atoms with van der Waals surface area (Å²) >= 11 is 0. The molecule has 5 atom stereocenters. The monoisotopic (exact) mass is 324 g/mol. The summed E-state index contributed by atoms with van der Waals surface area (Å²) in [5.41, 5.74) is 6.51. The van der Waals surface area contributed by atoms with Gasteiger partial charge in [0, 0.05) is 0 Å². The van der Waals surface area contributed by atoms with Crippen molar-refractivity contribution < 1.29 is 0 Å². The summed E-state index contributed by atoms with van der Waals surface area (Å²) in [6.45, 7) is 9.84. The van der Waals surface area contributed by atoms with E-state index < -0.39 is 0 Å². The van der Waals surface area contributed by atoms with Crippen LogP contribution in [0.25, 0.3) is 0 Å². The van der Waals surface area contributed by atoms with E-state index in [1.165, 1.54) is 57.8 Å².